The monoisotopic (exact) mass is 304 g/mol. The topological polar surface area (TPSA) is 84.5 Å². The Bertz CT molecular complexity index is 497. The van der Waals surface area contributed by atoms with Crippen LogP contribution in [0.1, 0.15) is 25.0 Å². The second kappa shape index (κ2) is 10.4. The average molecular weight is 304 g/mol. The smallest absolute Gasteiger partial charge is 0.162 e. The summed E-state index contributed by atoms with van der Waals surface area (Å²) in [5.41, 5.74) is 0.511. The fourth-order valence-electron chi connectivity index (χ4n) is 1.68. The molecule has 0 fully saturated rings. The van der Waals surface area contributed by atoms with Crippen LogP contribution < -0.4 is 9.47 Å². The molecule has 0 heterocycles. The molecule has 0 unspecified atom stereocenters. The van der Waals surface area contributed by atoms with Gasteiger partial charge in [-0.15, -0.1) is 0 Å². The number of hydrogen-bond acceptors (Lipinski definition) is 6. The summed E-state index contributed by atoms with van der Waals surface area (Å²) in [4.78, 5) is 0. The van der Waals surface area contributed by atoms with Crippen LogP contribution in [0.15, 0.2) is 12.1 Å². The maximum absolute atomic E-state index is 9.08. The normalized spacial score (nSPS) is 9.82. The molecule has 0 aliphatic heterocycles. The van der Waals surface area contributed by atoms with Crippen LogP contribution in [-0.2, 0) is 9.47 Å². The minimum absolute atomic E-state index is 0.256. The lowest BCUT2D eigenvalue weighted by atomic mass is 10.1. The van der Waals surface area contributed by atoms with E-state index in [1.165, 1.54) is 12.1 Å². The van der Waals surface area contributed by atoms with Crippen LogP contribution in [0.2, 0.25) is 0 Å². The van der Waals surface area contributed by atoms with Crippen molar-refractivity contribution in [2.45, 2.75) is 13.8 Å². The van der Waals surface area contributed by atoms with Gasteiger partial charge in [0.05, 0.1) is 24.3 Å². The second-order valence-corrected chi connectivity index (χ2v) is 4.16. The Labute approximate surface area is 130 Å². The van der Waals surface area contributed by atoms with E-state index >= 15 is 0 Å². The van der Waals surface area contributed by atoms with E-state index in [0.29, 0.717) is 51.1 Å². The van der Waals surface area contributed by atoms with Gasteiger partial charge in [0.15, 0.2) is 11.5 Å². The molecule has 0 bridgehead atoms. The predicted octanol–water partition coefficient (Wildman–Crippen LogP) is 2.26. The van der Waals surface area contributed by atoms with Gasteiger partial charge in [-0.1, -0.05) is 0 Å². The number of benzene rings is 1. The van der Waals surface area contributed by atoms with Crippen molar-refractivity contribution in [1.29, 1.82) is 10.5 Å². The van der Waals surface area contributed by atoms with Gasteiger partial charge in [-0.25, -0.2) is 0 Å². The number of rotatable bonds is 10. The summed E-state index contributed by atoms with van der Waals surface area (Å²) in [5.74, 6) is 0.846. The molecular weight excluding hydrogens is 284 g/mol. The van der Waals surface area contributed by atoms with E-state index in [-0.39, 0.29) is 11.1 Å². The van der Waals surface area contributed by atoms with E-state index in [4.69, 9.17) is 29.5 Å². The summed E-state index contributed by atoms with van der Waals surface area (Å²) in [6.45, 7) is 6.58. The Balaban J connectivity index is 2.84. The van der Waals surface area contributed by atoms with E-state index in [1.54, 1.807) is 0 Å². The molecule has 0 N–H and O–H groups in total. The molecule has 6 heteroatoms. The molecule has 0 aromatic heterocycles. The summed E-state index contributed by atoms with van der Waals surface area (Å²) < 4.78 is 21.6. The van der Waals surface area contributed by atoms with Gasteiger partial charge in [0, 0.05) is 25.3 Å². The Morgan fingerprint density at radius 1 is 0.773 bits per heavy atom. The Kier molecular flexibility index (Phi) is 8.44. The predicted molar refractivity (Wildman–Crippen MR) is 79.8 cm³/mol. The van der Waals surface area contributed by atoms with Gasteiger partial charge < -0.3 is 18.9 Å². The molecule has 1 aromatic carbocycles. The molecule has 0 saturated heterocycles. The summed E-state index contributed by atoms with van der Waals surface area (Å²) in [7, 11) is 0. The van der Waals surface area contributed by atoms with Crippen molar-refractivity contribution < 1.29 is 18.9 Å². The number of ether oxygens (including phenoxy) is 4. The van der Waals surface area contributed by atoms with Crippen LogP contribution in [-0.4, -0.2) is 39.6 Å². The van der Waals surface area contributed by atoms with Crippen LogP contribution in [0.5, 0.6) is 11.5 Å². The van der Waals surface area contributed by atoms with Gasteiger partial charge in [-0.2, -0.15) is 10.5 Å². The van der Waals surface area contributed by atoms with Crippen molar-refractivity contribution in [3.8, 4) is 23.6 Å². The molecule has 0 spiro atoms. The molecule has 1 aromatic rings. The fourth-order valence-corrected chi connectivity index (χ4v) is 1.68. The van der Waals surface area contributed by atoms with Gasteiger partial charge >= 0.3 is 0 Å². The molecule has 0 radical (unpaired) electrons. The molecular formula is C16H20N2O4. The molecule has 118 valence electrons. The first-order valence-electron chi connectivity index (χ1n) is 7.16. The maximum Gasteiger partial charge on any atom is 0.162 e. The lowest BCUT2D eigenvalue weighted by molar-refractivity contribution is 0.0999. The summed E-state index contributed by atoms with van der Waals surface area (Å²) in [6, 6.07) is 6.98. The van der Waals surface area contributed by atoms with E-state index in [2.05, 4.69) is 0 Å². The highest BCUT2D eigenvalue weighted by molar-refractivity contribution is 5.56. The van der Waals surface area contributed by atoms with Gasteiger partial charge in [0.1, 0.15) is 25.4 Å². The van der Waals surface area contributed by atoms with Gasteiger partial charge in [0.25, 0.3) is 0 Å². The molecule has 0 aliphatic rings. The molecule has 0 aliphatic carbocycles. The number of hydrogen-bond donors (Lipinski definition) is 0. The van der Waals surface area contributed by atoms with E-state index < -0.39 is 0 Å². The van der Waals surface area contributed by atoms with Crippen LogP contribution in [0.3, 0.4) is 0 Å². The zero-order valence-corrected chi connectivity index (χ0v) is 12.9. The number of nitrogens with zero attached hydrogens (tertiary/aromatic N) is 2. The minimum Gasteiger partial charge on any atom is -0.487 e. The van der Waals surface area contributed by atoms with Crippen molar-refractivity contribution in [3.05, 3.63) is 23.3 Å². The highest BCUT2D eigenvalue weighted by Crippen LogP contribution is 2.30. The third-order valence-electron chi connectivity index (χ3n) is 2.70. The lowest BCUT2D eigenvalue weighted by Crippen LogP contribution is -2.10. The SMILES string of the molecule is CCOCCOc1cc(C#N)c(C#N)cc1OCCOCC. The van der Waals surface area contributed by atoms with E-state index in [9.17, 15) is 0 Å². The zero-order chi connectivity index (χ0) is 16.2. The largest absolute Gasteiger partial charge is 0.487 e. The van der Waals surface area contributed by atoms with Crippen molar-refractivity contribution in [2.75, 3.05) is 39.6 Å². The van der Waals surface area contributed by atoms with Crippen molar-refractivity contribution in [1.82, 2.24) is 0 Å². The van der Waals surface area contributed by atoms with Crippen molar-refractivity contribution in [2.24, 2.45) is 0 Å². The fraction of sp³-hybridized carbons (Fsp3) is 0.500. The van der Waals surface area contributed by atoms with Crippen molar-refractivity contribution in [3.63, 3.8) is 0 Å². The summed E-state index contributed by atoms with van der Waals surface area (Å²) in [5, 5.41) is 18.2. The first-order valence-corrected chi connectivity index (χ1v) is 7.16. The molecule has 0 atom stereocenters. The third kappa shape index (κ3) is 5.61. The first-order chi connectivity index (χ1) is 10.8. The van der Waals surface area contributed by atoms with Gasteiger partial charge in [-0.3, -0.25) is 0 Å². The highest BCUT2D eigenvalue weighted by atomic mass is 16.6. The van der Waals surface area contributed by atoms with Crippen LogP contribution >= 0.6 is 0 Å². The molecule has 0 amide bonds. The first kappa shape index (κ1) is 17.8. The van der Waals surface area contributed by atoms with Gasteiger partial charge in [-0.05, 0) is 13.8 Å². The third-order valence-corrected chi connectivity index (χ3v) is 2.70. The van der Waals surface area contributed by atoms with Crippen LogP contribution in [0.4, 0.5) is 0 Å². The van der Waals surface area contributed by atoms with Crippen LogP contribution in [0, 0.1) is 22.7 Å². The van der Waals surface area contributed by atoms with Crippen molar-refractivity contribution >= 4 is 0 Å². The zero-order valence-electron chi connectivity index (χ0n) is 12.9. The molecule has 6 nitrogen and oxygen atoms in total. The quantitative estimate of drug-likeness (QED) is 0.616. The van der Waals surface area contributed by atoms with Gasteiger partial charge in [0.2, 0.25) is 0 Å². The Morgan fingerprint density at radius 2 is 1.18 bits per heavy atom. The molecule has 1 rings (SSSR count). The molecule has 0 saturated carbocycles. The minimum atomic E-state index is 0.256. The second-order valence-electron chi connectivity index (χ2n) is 4.16. The summed E-state index contributed by atoms with van der Waals surface area (Å²) in [6.07, 6.45) is 0. The molecule has 22 heavy (non-hydrogen) atoms. The lowest BCUT2D eigenvalue weighted by Gasteiger charge is -2.14. The maximum atomic E-state index is 9.08. The standard InChI is InChI=1S/C16H20N2O4/c1-3-19-5-7-21-15-9-13(11-17)14(12-18)10-16(15)22-8-6-20-4-2/h9-10H,3-8H2,1-2H3. The van der Waals surface area contributed by atoms with E-state index in [0.717, 1.165) is 0 Å². The summed E-state index contributed by atoms with van der Waals surface area (Å²) >= 11 is 0. The van der Waals surface area contributed by atoms with E-state index in [1.807, 2.05) is 26.0 Å². The Hall–Kier alpha value is -2.28. The Morgan fingerprint density at radius 3 is 1.50 bits per heavy atom. The highest BCUT2D eigenvalue weighted by Gasteiger charge is 2.12. The average Bonchev–Trinajstić information content (AvgIpc) is 2.55. The number of nitriles is 2. The van der Waals surface area contributed by atoms with Crippen LogP contribution in [0.25, 0.3) is 0 Å².